The van der Waals surface area contributed by atoms with Gasteiger partial charge in [-0.2, -0.15) is 0 Å². The van der Waals surface area contributed by atoms with Gasteiger partial charge in [0.25, 0.3) is 0 Å². The highest BCUT2D eigenvalue weighted by molar-refractivity contribution is 5.69. The Morgan fingerprint density at radius 1 is 0.889 bits per heavy atom. The molecule has 0 amide bonds. The minimum absolute atomic E-state index is 0.175. The van der Waals surface area contributed by atoms with Crippen LogP contribution in [0, 0.1) is 13.8 Å². The summed E-state index contributed by atoms with van der Waals surface area (Å²) in [5.74, 6) is 1.25. The Kier molecular flexibility index (Phi) is 6.04. The standard InChI is InChI=1S/C24H32O3/c1-9-23(5,6)27-22-13-11-20(15-17(22)3)24(7,8)19-10-12-21(16(2)14-19)26-18(4)25/h10-15H,9H2,1-8H3. The minimum Gasteiger partial charge on any atom is -0.488 e. The van der Waals surface area contributed by atoms with Crippen molar-refractivity contribution >= 4 is 5.97 Å². The van der Waals surface area contributed by atoms with Crippen LogP contribution in [0.3, 0.4) is 0 Å². The number of aryl methyl sites for hydroxylation is 2. The number of carbonyl (C=O) groups is 1. The Bertz CT molecular complexity index is 832. The Morgan fingerprint density at radius 2 is 1.37 bits per heavy atom. The molecule has 0 N–H and O–H groups in total. The quantitative estimate of drug-likeness (QED) is 0.455. The highest BCUT2D eigenvalue weighted by Crippen LogP contribution is 2.36. The summed E-state index contributed by atoms with van der Waals surface area (Å²) in [6, 6.07) is 12.4. The molecule has 0 aromatic heterocycles. The van der Waals surface area contributed by atoms with Crippen molar-refractivity contribution in [3.05, 3.63) is 58.7 Å². The van der Waals surface area contributed by atoms with E-state index in [1.165, 1.54) is 18.1 Å². The first-order valence-corrected chi connectivity index (χ1v) is 9.56. The van der Waals surface area contributed by atoms with E-state index < -0.39 is 0 Å². The Labute approximate surface area is 163 Å². The molecule has 0 fully saturated rings. The largest absolute Gasteiger partial charge is 0.488 e. The SMILES string of the molecule is CCC(C)(C)Oc1ccc(C(C)(C)c2ccc(OC(C)=O)c(C)c2)cc1C. The van der Waals surface area contributed by atoms with Crippen molar-refractivity contribution in [2.45, 2.75) is 72.8 Å². The lowest BCUT2D eigenvalue weighted by molar-refractivity contribution is -0.131. The van der Waals surface area contributed by atoms with Crippen LogP contribution in [0.1, 0.15) is 70.2 Å². The molecule has 2 aromatic carbocycles. The molecule has 3 nitrogen and oxygen atoms in total. The van der Waals surface area contributed by atoms with E-state index in [0.29, 0.717) is 5.75 Å². The lowest BCUT2D eigenvalue weighted by Gasteiger charge is -2.29. The molecule has 146 valence electrons. The molecule has 0 heterocycles. The molecule has 2 aromatic rings. The van der Waals surface area contributed by atoms with Crippen molar-refractivity contribution < 1.29 is 14.3 Å². The van der Waals surface area contributed by atoms with Crippen LogP contribution in [0.5, 0.6) is 11.5 Å². The average molecular weight is 369 g/mol. The third-order valence-electron chi connectivity index (χ3n) is 5.28. The summed E-state index contributed by atoms with van der Waals surface area (Å²) in [6.45, 7) is 16.2. The minimum atomic E-state index is -0.300. The van der Waals surface area contributed by atoms with Crippen LogP contribution >= 0.6 is 0 Å². The number of ether oxygens (including phenoxy) is 2. The first-order valence-electron chi connectivity index (χ1n) is 9.56. The Hall–Kier alpha value is -2.29. The van der Waals surface area contributed by atoms with E-state index in [1.54, 1.807) is 0 Å². The molecule has 2 rings (SSSR count). The summed E-state index contributed by atoms with van der Waals surface area (Å²) in [4.78, 5) is 11.2. The predicted octanol–water partition coefficient (Wildman–Crippen LogP) is 6.12. The maximum absolute atomic E-state index is 11.2. The second-order valence-corrected chi connectivity index (χ2v) is 8.39. The molecule has 0 unspecified atom stereocenters. The van der Waals surface area contributed by atoms with Crippen LogP contribution in [-0.2, 0) is 10.2 Å². The van der Waals surface area contributed by atoms with Crippen molar-refractivity contribution in [1.82, 2.24) is 0 Å². The zero-order valence-corrected chi connectivity index (χ0v) is 17.9. The van der Waals surface area contributed by atoms with Crippen molar-refractivity contribution in [3.63, 3.8) is 0 Å². The second-order valence-electron chi connectivity index (χ2n) is 8.39. The molecular formula is C24H32O3. The smallest absolute Gasteiger partial charge is 0.308 e. The van der Waals surface area contributed by atoms with E-state index in [0.717, 1.165) is 23.3 Å². The monoisotopic (exact) mass is 368 g/mol. The first kappa shape index (κ1) is 21.0. The third kappa shape index (κ3) is 4.91. The number of carbonyl (C=O) groups excluding carboxylic acids is 1. The summed E-state index contributed by atoms with van der Waals surface area (Å²) in [5, 5.41) is 0. The van der Waals surface area contributed by atoms with Crippen molar-refractivity contribution in [2.24, 2.45) is 0 Å². The first-order chi connectivity index (χ1) is 12.5. The summed E-state index contributed by atoms with van der Waals surface area (Å²) < 4.78 is 11.4. The van der Waals surface area contributed by atoms with Crippen molar-refractivity contribution in [2.75, 3.05) is 0 Å². The van der Waals surface area contributed by atoms with E-state index in [2.05, 4.69) is 65.8 Å². The molecule has 0 aliphatic carbocycles. The predicted molar refractivity (Wildman–Crippen MR) is 111 cm³/mol. The van der Waals surface area contributed by atoms with Crippen molar-refractivity contribution in [1.29, 1.82) is 0 Å². The Morgan fingerprint density at radius 3 is 1.78 bits per heavy atom. The number of hydrogen-bond donors (Lipinski definition) is 0. The zero-order chi connectivity index (χ0) is 20.4. The van der Waals surface area contributed by atoms with Crippen molar-refractivity contribution in [3.8, 4) is 11.5 Å². The molecule has 0 spiro atoms. The third-order valence-corrected chi connectivity index (χ3v) is 5.28. The molecule has 0 saturated carbocycles. The molecule has 3 heteroatoms. The summed E-state index contributed by atoms with van der Waals surface area (Å²) in [7, 11) is 0. The van der Waals surface area contributed by atoms with Gasteiger partial charge in [-0.25, -0.2) is 0 Å². The van der Waals surface area contributed by atoms with Gasteiger partial charge in [-0.05, 0) is 68.5 Å². The van der Waals surface area contributed by atoms with Crippen LogP contribution in [-0.4, -0.2) is 11.6 Å². The summed E-state index contributed by atoms with van der Waals surface area (Å²) >= 11 is 0. The number of benzene rings is 2. The van der Waals surface area contributed by atoms with Gasteiger partial charge in [0.2, 0.25) is 0 Å². The summed E-state index contributed by atoms with van der Waals surface area (Å²) in [6.07, 6.45) is 0.952. The van der Waals surface area contributed by atoms with E-state index in [-0.39, 0.29) is 17.0 Å². The van der Waals surface area contributed by atoms with Crippen LogP contribution in [0.25, 0.3) is 0 Å². The molecule has 0 aliphatic heterocycles. The maximum Gasteiger partial charge on any atom is 0.308 e. The fourth-order valence-electron chi connectivity index (χ4n) is 3.00. The molecule has 27 heavy (non-hydrogen) atoms. The van der Waals surface area contributed by atoms with Gasteiger partial charge >= 0.3 is 5.97 Å². The maximum atomic E-state index is 11.2. The number of rotatable bonds is 6. The van der Waals surface area contributed by atoms with Crippen LogP contribution in [0.2, 0.25) is 0 Å². The van der Waals surface area contributed by atoms with Gasteiger partial charge in [0.15, 0.2) is 0 Å². The van der Waals surface area contributed by atoms with Gasteiger partial charge in [-0.15, -0.1) is 0 Å². The van der Waals surface area contributed by atoms with E-state index in [9.17, 15) is 4.79 Å². The zero-order valence-electron chi connectivity index (χ0n) is 17.9. The lowest BCUT2D eigenvalue weighted by Crippen LogP contribution is -2.27. The molecule has 0 radical (unpaired) electrons. The lowest BCUT2D eigenvalue weighted by atomic mass is 9.77. The molecule has 0 bridgehead atoms. The van der Waals surface area contributed by atoms with Gasteiger partial charge < -0.3 is 9.47 Å². The van der Waals surface area contributed by atoms with Gasteiger partial charge in [0.05, 0.1) is 0 Å². The van der Waals surface area contributed by atoms with E-state index in [1.807, 2.05) is 19.1 Å². The average Bonchev–Trinajstić information content (AvgIpc) is 2.57. The normalized spacial score (nSPS) is 12.0. The highest BCUT2D eigenvalue weighted by atomic mass is 16.5. The molecule has 0 saturated heterocycles. The van der Waals surface area contributed by atoms with Crippen LogP contribution in [0.15, 0.2) is 36.4 Å². The molecular weight excluding hydrogens is 336 g/mol. The van der Waals surface area contributed by atoms with Gasteiger partial charge in [0.1, 0.15) is 17.1 Å². The molecule has 0 aliphatic rings. The molecule has 0 atom stereocenters. The fourth-order valence-corrected chi connectivity index (χ4v) is 3.00. The fraction of sp³-hybridized carbons (Fsp3) is 0.458. The van der Waals surface area contributed by atoms with Crippen LogP contribution < -0.4 is 9.47 Å². The highest BCUT2D eigenvalue weighted by Gasteiger charge is 2.25. The van der Waals surface area contributed by atoms with E-state index >= 15 is 0 Å². The topological polar surface area (TPSA) is 35.5 Å². The van der Waals surface area contributed by atoms with Gasteiger partial charge in [-0.1, -0.05) is 45.0 Å². The Balaban J connectivity index is 2.35. The van der Waals surface area contributed by atoms with Crippen LogP contribution in [0.4, 0.5) is 0 Å². The number of hydrogen-bond acceptors (Lipinski definition) is 3. The summed E-state index contributed by atoms with van der Waals surface area (Å²) in [5.41, 5.74) is 4.14. The van der Waals surface area contributed by atoms with E-state index in [4.69, 9.17) is 9.47 Å². The van der Waals surface area contributed by atoms with Gasteiger partial charge in [-0.3, -0.25) is 4.79 Å². The second kappa shape index (κ2) is 7.75. The number of esters is 1. The van der Waals surface area contributed by atoms with Gasteiger partial charge in [0, 0.05) is 12.3 Å².